The van der Waals surface area contributed by atoms with Gasteiger partial charge in [-0.05, 0) is 52.7 Å². The Labute approximate surface area is 141 Å². The van der Waals surface area contributed by atoms with Crippen molar-refractivity contribution in [3.05, 3.63) is 57.3 Å². The first kappa shape index (κ1) is 14.9. The van der Waals surface area contributed by atoms with Crippen LogP contribution in [0.2, 0.25) is 5.02 Å². The highest BCUT2D eigenvalue weighted by atomic mass is 79.9. The van der Waals surface area contributed by atoms with E-state index in [-0.39, 0.29) is 0 Å². The number of rotatable bonds is 3. The molecule has 0 fully saturated rings. The number of hydrogen-bond acceptors (Lipinski definition) is 1. The van der Waals surface area contributed by atoms with Crippen LogP contribution in [0, 0.1) is 6.92 Å². The number of halogens is 3. The van der Waals surface area contributed by atoms with Crippen molar-refractivity contribution in [3.8, 4) is 5.69 Å². The maximum absolute atomic E-state index is 6.24. The van der Waals surface area contributed by atoms with Gasteiger partial charge in [-0.25, -0.2) is 4.98 Å². The molecule has 0 saturated heterocycles. The second-order valence-corrected chi connectivity index (χ2v) is 6.48. The first-order chi connectivity index (χ1) is 10.1. The zero-order chi connectivity index (χ0) is 15.0. The number of aryl methyl sites for hydroxylation is 2. The molecule has 0 saturated carbocycles. The average Bonchev–Trinajstić information content (AvgIpc) is 2.82. The largest absolute Gasteiger partial charge is 0.296 e. The van der Waals surface area contributed by atoms with Gasteiger partial charge in [0, 0.05) is 22.5 Å². The number of nitrogens with zero attached hydrogens (tertiary/aromatic N) is 2. The summed E-state index contributed by atoms with van der Waals surface area (Å²) in [5.41, 5.74) is 4.24. The Morgan fingerprint density at radius 2 is 2.05 bits per heavy atom. The minimum Gasteiger partial charge on any atom is -0.296 e. The number of para-hydroxylation sites is 1. The van der Waals surface area contributed by atoms with E-state index in [0.29, 0.717) is 17.3 Å². The van der Waals surface area contributed by atoms with Crippen molar-refractivity contribution < 1.29 is 0 Å². The predicted molar refractivity (Wildman–Crippen MR) is 92.9 cm³/mol. The molecule has 3 aromatic rings. The molecule has 1 heterocycles. The molecule has 0 aliphatic rings. The molecule has 0 aliphatic carbocycles. The standard InChI is InChI=1S/C16H13BrCl2N2/c1-10-3-2-4-14-16(10)20-15(7-8-18)21(14)11-5-6-12(17)13(19)9-11/h2-6,9H,7-8H2,1H3. The van der Waals surface area contributed by atoms with Crippen molar-refractivity contribution in [2.24, 2.45) is 0 Å². The second kappa shape index (κ2) is 5.99. The van der Waals surface area contributed by atoms with E-state index in [4.69, 9.17) is 28.2 Å². The lowest BCUT2D eigenvalue weighted by Gasteiger charge is -2.10. The van der Waals surface area contributed by atoms with E-state index in [0.717, 1.165) is 32.6 Å². The summed E-state index contributed by atoms with van der Waals surface area (Å²) in [5, 5.41) is 0.679. The lowest BCUT2D eigenvalue weighted by atomic mass is 10.2. The zero-order valence-corrected chi connectivity index (χ0v) is 14.5. The van der Waals surface area contributed by atoms with Crippen LogP contribution in [0.25, 0.3) is 16.7 Å². The van der Waals surface area contributed by atoms with E-state index in [1.165, 1.54) is 0 Å². The molecule has 2 aromatic carbocycles. The van der Waals surface area contributed by atoms with Crippen LogP contribution in [0.15, 0.2) is 40.9 Å². The normalized spacial score (nSPS) is 11.2. The smallest absolute Gasteiger partial charge is 0.115 e. The van der Waals surface area contributed by atoms with E-state index in [1.807, 2.05) is 24.3 Å². The maximum atomic E-state index is 6.24. The van der Waals surface area contributed by atoms with Gasteiger partial charge in [-0.2, -0.15) is 0 Å². The molecule has 0 bridgehead atoms. The Hall–Kier alpha value is -1.03. The summed E-state index contributed by atoms with van der Waals surface area (Å²) in [4.78, 5) is 4.75. The molecule has 3 rings (SSSR count). The van der Waals surface area contributed by atoms with Gasteiger partial charge in [0.2, 0.25) is 0 Å². The monoisotopic (exact) mass is 382 g/mol. The van der Waals surface area contributed by atoms with Crippen molar-refractivity contribution in [2.45, 2.75) is 13.3 Å². The summed E-state index contributed by atoms with van der Waals surface area (Å²) >= 11 is 15.6. The van der Waals surface area contributed by atoms with Crippen molar-refractivity contribution in [1.82, 2.24) is 9.55 Å². The van der Waals surface area contributed by atoms with E-state index < -0.39 is 0 Å². The fraction of sp³-hybridized carbons (Fsp3) is 0.188. The molecule has 0 amide bonds. The minimum absolute atomic E-state index is 0.534. The fourth-order valence-corrected chi connectivity index (χ4v) is 3.04. The first-order valence-electron chi connectivity index (χ1n) is 6.60. The molecule has 21 heavy (non-hydrogen) atoms. The molecule has 108 valence electrons. The third-order valence-electron chi connectivity index (χ3n) is 3.44. The average molecular weight is 384 g/mol. The maximum Gasteiger partial charge on any atom is 0.115 e. The van der Waals surface area contributed by atoms with Crippen LogP contribution in [0.1, 0.15) is 11.4 Å². The van der Waals surface area contributed by atoms with Gasteiger partial charge in [0.15, 0.2) is 0 Å². The molecule has 0 spiro atoms. The Bertz CT molecular complexity index is 811. The highest BCUT2D eigenvalue weighted by Gasteiger charge is 2.14. The quantitative estimate of drug-likeness (QED) is 0.543. The summed E-state index contributed by atoms with van der Waals surface area (Å²) in [7, 11) is 0. The van der Waals surface area contributed by atoms with Gasteiger partial charge < -0.3 is 0 Å². The third-order valence-corrected chi connectivity index (χ3v) is 4.86. The van der Waals surface area contributed by atoms with Crippen molar-refractivity contribution in [2.75, 3.05) is 5.88 Å². The number of hydrogen-bond donors (Lipinski definition) is 0. The fourth-order valence-electron chi connectivity index (χ4n) is 2.45. The zero-order valence-electron chi connectivity index (χ0n) is 11.4. The van der Waals surface area contributed by atoms with Gasteiger partial charge in [0.05, 0.1) is 16.1 Å². The van der Waals surface area contributed by atoms with Crippen molar-refractivity contribution >= 4 is 50.2 Å². The summed E-state index contributed by atoms with van der Waals surface area (Å²) in [5.74, 6) is 1.49. The molecule has 0 aliphatic heterocycles. The number of aromatic nitrogens is 2. The van der Waals surface area contributed by atoms with Gasteiger partial charge in [0.1, 0.15) is 5.82 Å². The van der Waals surface area contributed by atoms with Crippen LogP contribution >= 0.6 is 39.1 Å². The van der Waals surface area contributed by atoms with Crippen LogP contribution in [0.5, 0.6) is 0 Å². The van der Waals surface area contributed by atoms with Gasteiger partial charge >= 0.3 is 0 Å². The number of fused-ring (bicyclic) bond motifs is 1. The molecular weight excluding hydrogens is 371 g/mol. The molecule has 0 N–H and O–H groups in total. The van der Waals surface area contributed by atoms with Crippen LogP contribution in [-0.2, 0) is 6.42 Å². The van der Waals surface area contributed by atoms with Gasteiger partial charge in [-0.15, -0.1) is 11.6 Å². The Morgan fingerprint density at radius 1 is 1.24 bits per heavy atom. The van der Waals surface area contributed by atoms with E-state index in [2.05, 4.69) is 39.6 Å². The van der Waals surface area contributed by atoms with E-state index in [9.17, 15) is 0 Å². The van der Waals surface area contributed by atoms with Gasteiger partial charge in [0.25, 0.3) is 0 Å². The van der Waals surface area contributed by atoms with Crippen LogP contribution in [-0.4, -0.2) is 15.4 Å². The second-order valence-electron chi connectivity index (χ2n) is 4.84. The topological polar surface area (TPSA) is 17.8 Å². The van der Waals surface area contributed by atoms with Crippen LogP contribution < -0.4 is 0 Å². The molecular formula is C16H13BrCl2N2. The van der Waals surface area contributed by atoms with Crippen molar-refractivity contribution in [3.63, 3.8) is 0 Å². The Kier molecular flexibility index (Phi) is 4.25. The highest BCUT2D eigenvalue weighted by Crippen LogP contribution is 2.29. The van der Waals surface area contributed by atoms with Gasteiger partial charge in [-0.3, -0.25) is 4.57 Å². The van der Waals surface area contributed by atoms with Gasteiger partial charge in [-0.1, -0.05) is 23.7 Å². The Balaban J connectivity index is 2.30. The number of alkyl halides is 1. The summed E-state index contributed by atoms with van der Waals surface area (Å²) in [6.07, 6.45) is 0.712. The molecule has 2 nitrogen and oxygen atoms in total. The molecule has 0 radical (unpaired) electrons. The lowest BCUT2D eigenvalue weighted by molar-refractivity contribution is 0.912. The summed E-state index contributed by atoms with van der Waals surface area (Å²) in [6.45, 7) is 2.07. The predicted octanol–water partition coefficient (Wildman–Crippen LogP) is 5.53. The third kappa shape index (κ3) is 2.70. The minimum atomic E-state index is 0.534. The first-order valence-corrected chi connectivity index (χ1v) is 8.30. The van der Waals surface area contributed by atoms with E-state index >= 15 is 0 Å². The van der Waals surface area contributed by atoms with Crippen LogP contribution in [0.3, 0.4) is 0 Å². The number of benzene rings is 2. The molecule has 0 atom stereocenters. The SMILES string of the molecule is Cc1cccc2c1nc(CCCl)n2-c1ccc(Br)c(Cl)c1. The van der Waals surface area contributed by atoms with Crippen LogP contribution in [0.4, 0.5) is 0 Å². The highest BCUT2D eigenvalue weighted by molar-refractivity contribution is 9.10. The van der Waals surface area contributed by atoms with E-state index in [1.54, 1.807) is 0 Å². The molecule has 1 aromatic heterocycles. The molecule has 0 unspecified atom stereocenters. The summed E-state index contributed by atoms with van der Waals surface area (Å²) < 4.78 is 3.01. The van der Waals surface area contributed by atoms with Crippen molar-refractivity contribution in [1.29, 1.82) is 0 Å². The lowest BCUT2D eigenvalue weighted by Crippen LogP contribution is -2.02. The molecule has 5 heteroatoms. The summed E-state index contributed by atoms with van der Waals surface area (Å²) in [6, 6.07) is 12.1. The number of imidazole rings is 1. The Morgan fingerprint density at radius 3 is 2.76 bits per heavy atom.